The lowest BCUT2D eigenvalue weighted by molar-refractivity contribution is -0.121. The Morgan fingerprint density at radius 3 is 3.11 bits per heavy atom. The van der Waals surface area contributed by atoms with Crippen molar-refractivity contribution in [1.82, 2.24) is 15.2 Å². The molecular weight excluding hydrogens is 358 g/mol. The van der Waals surface area contributed by atoms with Gasteiger partial charge in [0, 0.05) is 37.1 Å². The van der Waals surface area contributed by atoms with Crippen molar-refractivity contribution in [1.29, 1.82) is 0 Å². The lowest BCUT2D eigenvalue weighted by Crippen LogP contribution is -2.35. The van der Waals surface area contributed by atoms with Gasteiger partial charge in [0.1, 0.15) is 5.75 Å². The van der Waals surface area contributed by atoms with Gasteiger partial charge in [-0.15, -0.1) is 11.3 Å². The molecule has 2 aromatic rings. The summed E-state index contributed by atoms with van der Waals surface area (Å²) in [6.45, 7) is 5.83. The van der Waals surface area contributed by atoms with Crippen LogP contribution in [0.2, 0.25) is 0 Å². The number of carbonyl (C=O) groups is 1. The monoisotopic (exact) mass is 387 g/mol. The Morgan fingerprint density at radius 2 is 2.33 bits per heavy atom. The van der Waals surface area contributed by atoms with Gasteiger partial charge in [-0.05, 0) is 56.3 Å². The quantitative estimate of drug-likeness (QED) is 0.749. The molecule has 1 atom stereocenters. The van der Waals surface area contributed by atoms with Crippen LogP contribution in [-0.2, 0) is 17.9 Å². The van der Waals surface area contributed by atoms with Gasteiger partial charge in [0.15, 0.2) is 0 Å². The number of nitrogens with zero attached hydrogens (tertiary/aromatic N) is 2. The summed E-state index contributed by atoms with van der Waals surface area (Å²) >= 11 is 1.78. The van der Waals surface area contributed by atoms with E-state index in [4.69, 9.17) is 4.74 Å². The van der Waals surface area contributed by atoms with Crippen molar-refractivity contribution >= 4 is 17.2 Å². The third-order valence-electron chi connectivity index (χ3n) is 5.06. The van der Waals surface area contributed by atoms with Crippen molar-refractivity contribution in [3.8, 4) is 5.75 Å². The highest BCUT2D eigenvalue weighted by Crippen LogP contribution is 2.24. The van der Waals surface area contributed by atoms with Gasteiger partial charge in [-0.3, -0.25) is 9.69 Å². The summed E-state index contributed by atoms with van der Waals surface area (Å²) in [6, 6.07) is 7.82. The second-order valence-corrected chi connectivity index (χ2v) is 8.58. The van der Waals surface area contributed by atoms with Crippen LogP contribution < -0.4 is 10.1 Å². The number of ether oxygens (including phenoxy) is 1. The number of benzene rings is 1. The zero-order valence-corrected chi connectivity index (χ0v) is 17.1. The number of piperidine rings is 1. The Bertz CT molecular complexity index is 747. The summed E-state index contributed by atoms with van der Waals surface area (Å²) in [5, 5.41) is 4.16. The largest absolute Gasteiger partial charge is 0.497 e. The number of rotatable bonds is 8. The Kier molecular flexibility index (Phi) is 7.24. The summed E-state index contributed by atoms with van der Waals surface area (Å²) in [7, 11) is 1.65. The molecule has 1 aromatic carbocycles. The van der Waals surface area contributed by atoms with E-state index in [1.165, 1.54) is 17.7 Å². The van der Waals surface area contributed by atoms with E-state index in [0.29, 0.717) is 18.9 Å². The molecule has 6 heteroatoms. The van der Waals surface area contributed by atoms with Crippen molar-refractivity contribution in [2.24, 2.45) is 5.92 Å². The predicted molar refractivity (Wildman–Crippen MR) is 109 cm³/mol. The first kappa shape index (κ1) is 19.8. The van der Waals surface area contributed by atoms with Gasteiger partial charge in [0.05, 0.1) is 12.1 Å². The van der Waals surface area contributed by atoms with Crippen LogP contribution in [0.5, 0.6) is 5.75 Å². The van der Waals surface area contributed by atoms with Gasteiger partial charge in [-0.1, -0.05) is 12.1 Å². The number of aryl methyl sites for hydroxylation is 1. The molecule has 1 aliphatic heterocycles. The number of hydrogen-bond acceptors (Lipinski definition) is 5. The molecule has 0 bridgehead atoms. The molecular formula is C21H29N3O2S. The van der Waals surface area contributed by atoms with Crippen LogP contribution >= 0.6 is 11.3 Å². The third kappa shape index (κ3) is 6.33. The maximum atomic E-state index is 12.2. The van der Waals surface area contributed by atoms with E-state index in [-0.39, 0.29) is 5.91 Å². The Labute approximate surface area is 165 Å². The highest BCUT2D eigenvalue weighted by atomic mass is 32.1. The van der Waals surface area contributed by atoms with E-state index in [1.807, 2.05) is 30.5 Å². The van der Waals surface area contributed by atoms with Crippen molar-refractivity contribution in [2.75, 3.05) is 20.2 Å². The highest BCUT2D eigenvalue weighted by Gasteiger charge is 2.21. The molecule has 5 nitrogen and oxygen atoms in total. The maximum Gasteiger partial charge on any atom is 0.220 e. The van der Waals surface area contributed by atoms with Crippen LogP contribution in [-0.4, -0.2) is 36.0 Å². The number of amides is 1. The molecule has 1 fully saturated rings. The third-order valence-corrected chi connectivity index (χ3v) is 5.95. The van der Waals surface area contributed by atoms with Crippen molar-refractivity contribution in [3.05, 3.63) is 45.9 Å². The van der Waals surface area contributed by atoms with E-state index in [0.717, 1.165) is 42.4 Å². The number of hydrogen-bond donors (Lipinski definition) is 1. The summed E-state index contributed by atoms with van der Waals surface area (Å²) in [4.78, 5) is 20.4. The molecule has 1 aromatic heterocycles. The second-order valence-electron chi connectivity index (χ2n) is 7.26. The van der Waals surface area contributed by atoms with Crippen LogP contribution in [0.1, 0.15) is 41.1 Å². The topological polar surface area (TPSA) is 54.5 Å². The molecule has 0 spiro atoms. The molecule has 1 aliphatic rings. The van der Waals surface area contributed by atoms with Crippen LogP contribution in [0, 0.1) is 12.8 Å². The molecule has 1 unspecified atom stereocenters. The minimum Gasteiger partial charge on any atom is -0.497 e. The number of methoxy groups -OCH3 is 1. The Balaban J connectivity index is 1.38. The smallest absolute Gasteiger partial charge is 0.220 e. The van der Waals surface area contributed by atoms with Gasteiger partial charge >= 0.3 is 0 Å². The van der Waals surface area contributed by atoms with Crippen LogP contribution in [0.4, 0.5) is 0 Å². The lowest BCUT2D eigenvalue weighted by atomic mass is 9.93. The van der Waals surface area contributed by atoms with Gasteiger partial charge in [-0.2, -0.15) is 0 Å². The first-order valence-electron chi connectivity index (χ1n) is 9.65. The summed E-state index contributed by atoms with van der Waals surface area (Å²) in [6.07, 6.45) is 6.00. The molecule has 0 saturated carbocycles. The predicted octanol–water partition coefficient (Wildman–Crippen LogP) is 3.77. The molecule has 3 rings (SSSR count). The van der Waals surface area contributed by atoms with Gasteiger partial charge in [-0.25, -0.2) is 4.98 Å². The zero-order valence-electron chi connectivity index (χ0n) is 16.2. The van der Waals surface area contributed by atoms with Gasteiger partial charge < -0.3 is 10.1 Å². The lowest BCUT2D eigenvalue weighted by Gasteiger charge is -2.32. The minimum absolute atomic E-state index is 0.132. The molecule has 146 valence electrons. The SMILES string of the molecule is COc1cccc(CNC(=O)CCC2CCCN(Cc3cnc(C)s3)C2)c1. The second kappa shape index (κ2) is 9.85. The normalized spacial score (nSPS) is 17.6. The maximum absolute atomic E-state index is 12.2. The first-order chi connectivity index (χ1) is 13.1. The zero-order chi connectivity index (χ0) is 19.1. The fourth-order valence-corrected chi connectivity index (χ4v) is 4.47. The molecule has 27 heavy (non-hydrogen) atoms. The summed E-state index contributed by atoms with van der Waals surface area (Å²) in [5.74, 6) is 1.56. The van der Waals surface area contributed by atoms with E-state index in [9.17, 15) is 4.79 Å². The molecule has 0 radical (unpaired) electrons. The number of thiazole rings is 1. The number of likely N-dealkylation sites (tertiary alicyclic amines) is 1. The highest BCUT2D eigenvalue weighted by molar-refractivity contribution is 7.11. The molecule has 1 amide bonds. The van der Waals surface area contributed by atoms with Crippen LogP contribution in [0.25, 0.3) is 0 Å². The van der Waals surface area contributed by atoms with Gasteiger partial charge in [0.25, 0.3) is 0 Å². The molecule has 1 N–H and O–H groups in total. The number of aromatic nitrogens is 1. The standard InChI is InChI=1S/C21H29N3O2S/c1-16-22-13-20(27-16)15-24-10-4-6-17(14-24)8-9-21(25)23-12-18-5-3-7-19(11-18)26-2/h3,5,7,11,13,17H,4,6,8-10,12,14-15H2,1-2H3,(H,23,25). The summed E-state index contributed by atoms with van der Waals surface area (Å²) < 4.78 is 5.22. The minimum atomic E-state index is 0.132. The molecule has 1 saturated heterocycles. The first-order valence-corrected chi connectivity index (χ1v) is 10.5. The molecule has 0 aliphatic carbocycles. The number of nitrogens with one attached hydrogen (secondary N) is 1. The van der Waals surface area contributed by atoms with E-state index in [1.54, 1.807) is 18.4 Å². The van der Waals surface area contributed by atoms with Crippen LogP contribution in [0.15, 0.2) is 30.5 Å². The van der Waals surface area contributed by atoms with Crippen molar-refractivity contribution in [2.45, 2.75) is 45.7 Å². The van der Waals surface area contributed by atoms with E-state index >= 15 is 0 Å². The van der Waals surface area contributed by atoms with E-state index in [2.05, 4.69) is 22.1 Å². The Morgan fingerprint density at radius 1 is 1.44 bits per heavy atom. The summed E-state index contributed by atoms with van der Waals surface area (Å²) in [5.41, 5.74) is 1.06. The average Bonchev–Trinajstić information content (AvgIpc) is 3.10. The fraction of sp³-hybridized carbons (Fsp3) is 0.524. The Hall–Kier alpha value is -1.92. The van der Waals surface area contributed by atoms with Crippen molar-refractivity contribution in [3.63, 3.8) is 0 Å². The number of carbonyl (C=O) groups excluding carboxylic acids is 1. The van der Waals surface area contributed by atoms with E-state index < -0.39 is 0 Å². The van der Waals surface area contributed by atoms with Gasteiger partial charge in [0.2, 0.25) is 5.91 Å². The molecule has 2 heterocycles. The van der Waals surface area contributed by atoms with Crippen LogP contribution in [0.3, 0.4) is 0 Å². The fourth-order valence-electron chi connectivity index (χ4n) is 3.64. The average molecular weight is 388 g/mol. The van der Waals surface area contributed by atoms with Crippen molar-refractivity contribution < 1.29 is 9.53 Å².